The topological polar surface area (TPSA) is 40.5 Å². The summed E-state index contributed by atoms with van der Waals surface area (Å²) in [5.74, 6) is -0.791. The Morgan fingerprint density at radius 1 is 1.56 bits per heavy atom. The van der Waals surface area contributed by atoms with Crippen molar-refractivity contribution in [3.8, 4) is 0 Å². The van der Waals surface area contributed by atoms with E-state index in [0.717, 1.165) is 11.3 Å². The average Bonchev–Trinajstić information content (AvgIpc) is 2.58. The van der Waals surface area contributed by atoms with Crippen molar-refractivity contribution in [1.29, 1.82) is 0 Å². The highest BCUT2D eigenvalue weighted by Crippen LogP contribution is 2.39. The number of hydrogen-bond donors (Lipinski definition) is 1. The third-order valence-corrected chi connectivity index (χ3v) is 3.22. The first-order chi connectivity index (χ1) is 7.52. The maximum absolute atomic E-state index is 11.2. The fraction of sp³-hybridized carbons (Fsp3) is 0.417. The van der Waals surface area contributed by atoms with Crippen LogP contribution >= 0.6 is 11.6 Å². The summed E-state index contributed by atoms with van der Waals surface area (Å²) >= 11 is 6.14. The molecule has 0 aromatic heterocycles. The Balaban J connectivity index is 2.50. The van der Waals surface area contributed by atoms with Crippen LogP contribution in [0, 0.1) is 0 Å². The number of carbonyl (C=O) groups is 1. The van der Waals surface area contributed by atoms with Gasteiger partial charge in [-0.05, 0) is 25.5 Å². The van der Waals surface area contributed by atoms with Crippen LogP contribution in [0.2, 0.25) is 5.02 Å². The number of hydrogen-bond acceptors (Lipinski definition) is 2. The number of fused-ring (bicyclic) bond motifs is 1. The van der Waals surface area contributed by atoms with Gasteiger partial charge in [-0.15, -0.1) is 0 Å². The van der Waals surface area contributed by atoms with Crippen molar-refractivity contribution < 1.29 is 9.90 Å². The van der Waals surface area contributed by atoms with E-state index in [-0.39, 0.29) is 6.04 Å². The molecule has 1 aromatic carbocycles. The van der Waals surface area contributed by atoms with Gasteiger partial charge >= 0.3 is 5.97 Å². The van der Waals surface area contributed by atoms with Crippen LogP contribution in [0.5, 0.6) is 0 Å². The van der Waals surface area contributed by atoms with Crippen LogP contribution < -0.4 is 4.90 Å². The number of nitrogens with zero attached hydrogens (tertiary/aromatic N) is 1. The molecule has 0 aliphatic carbocycles. The van der Waals surface area contributed by atoms with Gasteiger partial charge in [0.2, 0.25) is 0 Å². The number of carboxylic acid groups (broad SMARTS) is 1. The minimum absolute atomic E-state index is 0.127. The Morgan fingerprint density at radius 3 is 2.81 bits per heavy atom. The predicted octanol–water partition coefficient (Wildman–Crippen LogP) is 2.56. The summed E-state index contributed by atoms with van der Waals surface area (Å²) in [5, 5.41) is 9.85. The second-order valence-electron chi connectivity index (χ2n) is 4.31. The third kappa shape index (κ3) is 1.65. The van der Waals surface area contributed by atoms with Gasteiger partial charge in [-0.2, -0.15) is 0 Å². The molecule has 1 aromatic rings. The minimum atomic E-state index is -0.791. The van der Waals surface area contributed by atoms with Crippen molar-refractivity contribution >= 4 is 23.3 Å². The van der Waals surface area contributed by atoms with Crippen molar-refractivity contribution in [2.24, 2.45) is 0 Å². The molecule has 86 valence electrons. The largest absolute Gasteiger partial charge is 0.480 e. The number of halogens is 1. The second-order valence-corrected chi connectivity index (χ2v) is 4.71. The molecule has 2 rings (SSSR count). The van der Waals surface area contributed by atoms with Gasteiger partial charge in [0.1, 0.15) is 6.04 Å². The smallest absolute Gasteiger partial charge is 0.326 e. The van der Waals surface area contributed by atoms with Crippen molar-refractivity contribution in [3.63, 3.8) is 0 Å². The lowest BCUT2D eigenvalue weighted by Gasteiger charge is -2.29. The molecule has 0 saturated carbocycles. The van der Waals surface area contributed by atoms with E-state index in [0.29, 0.717) is 11.4 Å². The van der Waals surface area contributed by atoms with Crippen LogP contribution in [0.15, 0.2) is 18.2 Å². The molecule has 0 bridgehead atoms. The maximum atomic E-state index is 11.2. The molecule has 1 aliphatic rings. The molecule has 1 aliphatic heterocycles. The Labute approximate surface area is 99.6 Å². The van der Waals surface area contributed by atoms with Crippen LogP contribution in [0.25, 0.3) is 0 Å². The molecule has 1 N–H and O–H groups in total. The van der Waals surface area contributed by atoms with Gasteiger partial charge in [0, 0.05) is 12.5 Å². The van der Waals surface area contributed by atoms with Gasteiger partial charge in [0.25, 0.3) is 0 Å². The van der Waals surface area contributed by atoms with Gasteiger partial charge in [-0.25, -0.2) is 4.79 Å². The van der Waals surface area contributed by atoms with E-state index in [1.807, 2.05) is 30.9 Å². The number of para-hydroxylation sites is 1. The van der Waals surface area contributed by atoms with Crippen LogP contribution in [-0.4, -0.2) is 23.2 Å². The van der Waals surface area contributed by atoms with Crippen molar-refractivity contribution in [3.05, 3.63) is 28.8 Å². The Hall–Kier alpha value is -1.22. The molecule has 3 nitrogen and oxygen atoms in total. The molecular formula is C12H14ClNO2. The molecule has 0 saturated heterocycles. The van der Waals surface area contributed by atoms with Crippen molar-refractivity contribution in [1.82, 2.24) is 0 Å². The number of anilines is 1. The van der Waals surface area contributed by atoms with E-state index in [4.69, 9.17) is 11.6 Å². The van der Waals surface area contributed by atoms with Crippen molar-refractivity contribution in [2.45, 2.75) is 32.4 Å². The molecule has 0 spiro atoms. The number of benzene rings is 1. The summed E-state index contributed by atoms with van der Waals surface area (Å²) in [6.45, 7) is 3.96. The van der Waals surface area contributed by atoms with Gasteiger partial charge < -0.3 is 10.0 Å². The summed E-state index contributed by atoms with van der Waals surface area (Å²) in [4.78, 5) is 13.1. The van der Waals surface area contributed by atoms with E-state index >= 15 is 0 Å². The number of carboxylic acids is 1. The van der Waals surface area contributed by atoms with Crippen LogP contribution in [0.1, 0.15) is 19.4 Å². The number of rotatable bonds is 2. The summed E-state index contributed by atoms with van der Waals surface area (Å²) in [5.41, 5.74) is 1.90. The monoisotopic (exact) mass is 239 g/mol. The van der Waals surface area contributed by atoms with Crippen LogP contribution in [0.3, 0.4) is 0 Å². The van der Waals surface area contributed by atoms with Crippen LogP contribution in [-0.2, 0) is 11.2 Å². The lowest BCUT2D eigenvalue weighted by Crippen LogP contribution is -2.43. The fourth-order valence-corrected chi connectivity index (χ4v) is 2.59. The molecule has 1 heterocycles. The molecule has 4 heteroatoms. The normalized spacial score (nSPS) is 19.0. The summed E-state index contributed by atoms with van der Waals surface area (Å²) in [6, 6.07) is 5.25. The van der Waals surface area contributed by atoms with E-state index < -0.39 is 12.0 Å². The lowest BCUT2D eigenvalue weighted by molar-refractivity contribution is -0.138. The molecule has 0 amide bonds. The highest BCUT2D eigenvalue weighted by molar-refractivity contribution is 6.33. The average molecular weight is 240 g/mol. The first-order valence-electron chi connectivity index (χ1n) is 5.31. The Morgan fingerprint density at radius 2 is 2.25 bits per heavy atom. The van der Waals surface area contributed by atoms with Crippen LogP contribution in [0.4, 0.5) is 5.69 Å². The highest BCUT2D eigenvalue weighted by Gasteiger charge is 2.36. The predicted molar refractivity (Wildman–Crippen MR) is 64.2 cm³/mol. The Bertz CT molecular complexity index is 431. The van der Waals surface area contributed by atoms with E-state index in [1.165, 1.54) is 0 Å². The van der Waals surface area contributed by atoms with Gasteiger partial charge in [-0.3, -0.25) is 0 Å². The maximum Gasteiger partial charge on any atom is 0.326 e. The summed E-state index contributed by atoms with van der Waals surface area (Å²) < 4.78 is 0. The molecule has 0 fully saturated rings. The number of aliphatic carboxylic acids is 1. The van der Waals surface area contributed by atoms with E-state index in [9.17, 15) is 9.90 Å². The van der Waals surface area contributed by atoms with Gasteiger partial charge in [0.05, 0.1) is 10.7 Å². The summed E-state index contributed by atoms with van der Waals surface area (Å²) in [6.07, 6.45) is 0.531. The minimum Gasteiger partial charge on any atom is -0.480 e. The quantitative estimate of drug-likeness (QED) is 0.862. The zero-order valence-corrected chi connectivity index (χ0v) is 10.0. The van der Waals surface area contributed by atoms with Gasteiger partial charge in [-0.1, -0.05) is 23.7 Å². The first-order valence-corrected chi connectivity index (χ1v) is 5.68. The first kappa shape index (κ1) is 11.3. The summed E-state index contributed by atoms with van der Waals surface area (Å²) in [7, 11) is 0. The Kier molecular flexibility index (Phi) is 2.80. The fourth-order valence-electron chi connectivity index (χ4n) is 2.30. The molecular weight excluding hydrogens is 226 g/mol. The van der Waals surface area contributed by atoms with Crippen molar-refractivity contribution in [2.75, 3.05) is 4.90 Å². The van der Waals surface area contributed by atoms with E-state index in [2.05, 4.69) is 0 Å². The standard InChI is InChI=1S/C12H14ClNO2/c1-7(2)14-10(12(15)16)6-8-4-3-5-9(13)11(8)14/h3-5,7,10H,6H2,1-2H3,(H,15,16). The molecule has 16 heavy (non-hydrogen) atoms. The third-order valence-electron chi connectivity index (χ3n) is 2.92. The molecule has 1 atom stereocenters. The second kappa shape index (κ2) is 3.98. The lowest BCUT2D eigenvalue weighted by atomic mass is 10.1. The SMILES string of the molecule is CC(C)N1c2c(Cl)cccc2CC1C(=O)O. The van der Waals surface area contributed by atoms with E-state index in [1.54, 1.807) is 6.07 Å². The zero-order chi connectivity index (χ0) is 11.9. The van der Waals surface area contributed by atoms with Gasteiger partial charge in [0.15, 0.2) is 0 Å². The zero-order valence-electron chi connectivity index (χ0n) is 9.27. The molecule has 1 unspecified atom stereocenters. The molecule has 0 radical (unpaired) electrons. The highest BCUT2D eigenvalue weighted by atomic mass is 35.5.